The lowest BCUT2D eigenvalue weighted by molar-refractivity contribution is -2.00. The average molecular weight is 352 g/mol. The maximum Gasteiger partial charge on any atom is 0.213 e. The van der Waals surface area contributed by atoms with Gasteiger partial charge in [-0.2, -0.15) is 4.57 Å². The molecule has 0 atom stereocenters. The van der Waals surface area contributed by atoms with Crippen LogP contribution in [0.4, 0.5) is 0 Å². The van der Waals surface area contributed by atoms with E-state index in [0.29, 0.717) is 0 Å². The van der Waals surface area contributed by atoms with Gasteiger partial charge in [0.2, 0.25) is 5.69 Å². The Morgan fingerprint density at radius 2 is 1.50 bits per heavy atom. The van der Waals surface area contributed by atoms with Crippen LogP contribution in [-0.4, -0.2) is 9.55 Å². The molecule has 128 valence electrons. The van der Waals surface area contributed by atoms with Crippen LogP contribution in [0.1, 0.15) is 17.0 Å². The van der Waals surface area contributed by atoms with Gasteiger partial charge in [-0.1, -0.05) is 0 Å². The van der Waals surface area contributed by atoms with Gasteiger partial charge in [0.15, 0.2) is 11.4 Å². The predicted octanol–water partition coefficient (Wildman–Crippen LogP) is -1.98. The van der Waals surface area contributed by atoms with Gasteiger partial charge >= 0.3 is 0 Å². The Kier molecular flexibility index (Phi) is 5.22. The molecule has 0 fully saturated rings. The van der Waals surface area contributed by atoms with E-state index in [4.69, 9.17) is 18.6 Å². The summed E-state index contributed by atoms with van der Waals surface area (Å²) in [6.45, 7) is 6.41. The first-order chi connectivity index (χ1) is 11.1. The van der Waals surface area contributed by atoms with Crippen LogP contribution >= 0.6 is 0 Å². The topological polar surface area (TPSA) is 114 Å². The van der Waals surface area contributed by atoms with Crippen LogP contribution in [-0.2, 0) is 7.05 Å². The fraction of sp³-hybridized carbons (Fsp3) is 0.250. The zero-order valence-electron chi connectivity index (χ0n) is 13.8. The Morgan fingerprint density at radius 1 is 0.958 bits per heavy atom. The lowest BCUT2D eigenvalue weighted by atomic mass is 10.2. The number of hydrogen-bond acceptors (Lipinski definition) is 5. The van der Waals surface area contributed by atoms with Gasteiger partial charge in [-0.05, 0) is 18.6 Å². The first-order valence-corrected chi connectivity index (χ1v) is 8.33. The Bertz CT molecular complexity index is 842. The molecule has 0 saturated carbocycles. The minimum Gasteiger partial charge on any atom is -0.334 e. The zero-order valence-corrected chi connectivity index (χ0v) is 14.6. The highest BCUT2D eigenvalue weighted by Crippen LogP contribution is 2.15. The second kappa shape index (κ2) is 6.84. The van der Waals surface area contributed by atoms with E-state index in [1.165, 1.54) is 22.6 Å². The van der Waals surface area contributed by atoms with Crippen molar-refractivity contribution in [3.63, 3.8) is 0 Å². The van der Waals surface area contributed by atoms with Crippen LogP contribution < -0.4 is 23.2 Å². The maximum absolute atomic E-state index is 8.49. The molecule has 0 radical (unpaired) electrons. The lowest BCUT2D eigenvalue weighted by Gasteiger charge is -2.17. The highest BCUT2D eigenvalue weighted by atomic mass is 35.7. The normalized spacial score (nSPS) is 11.3. The third-order valence-corrected chi connectivity index (χ3v) is 3.55. The molecule has 0 aliphatic rings. The van der Waals surface area contributed by atoms with Crippen LogP contribution in [0.3, 0.4) is 0 Å². The molecule has 2 aromatic heterocycles. The van der Waals surface area contributed by atoms with Crippen LogP contribution in [0.2, 0.25) is 0 Å². The van der Waals surface area contributed by atoms with Gasteiger partial charge in [-0.15, -0.1) is 10.2 Å². The summed E-state index contributed by atoms with van der Waals surface area (Å²) in [6, 6.07) is 10.8. The van der Waals surface area contributed by atoms with Crippen LogP contribution in [0, 0.1) is 31.0 Å². The maximum atomic E-state index is 8.49. The SMILES string of the molecule is Cc1cc(C)[n+](-c2ccc3c(c2)ncn3C)c(C)c1.[O-][Cl+3]([O-])([O-])[O-]. The third kappa shape index (κ3) is 4.50. The minimum absolute atomic E-state index is 1.03. The van der Waals surface area contributed by atoms with Gasteiger partial charge < -0.3 is 4.57 Å². The van der Waals surface area contributed by atoms with Gasteiger partial charge in [0.25, 0.3) is 0 Å². The number of hydrogen-bond donors (Lipinski definition) is 0. The molecule has 0 aliphatic heterocycles. The van der Waals surface area contributed by atoms with Crippen molar-refractivity contribution in [2.24, 2.45) is 7.05 Å². The molecule has 0 N–H and O–H groups in total. The third-order valence-electron chi connectivity index (χ3n) is 3.55. The first kappa shape index (κ1) is 18.3. The molecule has 0 saturated heterocycles. The largest absolute Gasteiger partial charge is 0.334 e. The summed E-state index contributed by atoms with van der Waals surface area (Å²) in [7, 11) is -2.93. The van der Waals surface area contributed by atoms with Crippen molar-refractivity contribution < 1.29 is 33.4 Å². The minimum atomic E-state index is -4.94. The number of fused-ring (bicyclic) bond motifs is 1. The highest BCUT2D eigenvalue weighted by molar-refractivity contribution is 5.76. The van der Waals surface area contributed by atoms with Crippen LogP contribution in [0.25, 0.3) is 16.7 Å². The molecule has 24 heavy (non-hydrogen) atoms. The fourth-order valence-electron chi connectivity index (χ4n) is 2.78. The molecule has 1 aromatic carbocycles. The smallest absolute Gasteiger partial charge is 0.213 e. The fourth-order valence-corrected chi connectivity index (χ4v) is 2.78. The second-order valence-corrected chi connectivity index (χ2v) is 6.31. The molecule has 8 heteroatoms. The number of nitrogens with zero attached hydrogens (tertiary/aromatic N) is 3. The molecule has 0 spiro atoms. The van der Waals surface area contributed by atoms with E-state index < -0.39 is 10.2 Å². The molecule has 0 amide bonds. The molecule has 3 rings (SSSR count). The Morgan fingerprint density at radius 3 is 2.04 bits per heavy atom. The summed E-state index contributed by atoms with van der Waals surface area (Å²) < 4.78 is 38.3. The van der Waals surface area contributed by atoms with Gasteiger partial charge in [0.1, 0.15) is 0 Å². The quantitative estimate of drug-likeness (QED) is 0.471. The van der Waals surface area contributed by atoms with Crippen molar-refractivity contribution >= 4 is 11.0 Å². The standard InChI is InChI=1S/C16H18N3.ClHO4/c1-11-7-12(2)19(13(3)8-11)14-5-6-16-15(9-14)17-10-18(16)4;2-1(3,4)5/h5-10H,1-4H3;(H,2,3,4,5)/q+1;/p-1. The van der Waals surface area contributed by atoms with Gasteiger partial charge in [0, 0.05) is 45.2 Å². The van der Waals surface area contributed by atoms with Crippen molar-refractivity contribution in [3.8, 4) is 5.69 Å². The van der Waals surface area contributed by atoms with Crippen molar-refractivity contribution in [3.05, 3.63) is 53.6 Å². The van der Waals surface area contributed by atoms with Gasteiger partial charge in [-0.25, -0.2) is 23.6 Å². The number of pyridine rings is 1. The number of aryl methyl sites for hydroxylation is 4. The molecular weight excluding hydrogens is 334 g/mol. The van der Waals surface area contributed by atoms with E-state index in [0.717, 1.165) is 11.0 Å². The number of imidazole rings is 1. The number of aromatic nitrogens is 3. The number of halogens is 1. The summed E-state index contributed by atoms with van der Waals surface area (Å²) in [5, 5.41) is 0. The Labute approximate surface area is 141 Å². The molecule has 0 bridgehead atoms. The summed E-state index contributed by atoms with van der Waals surface area (Å²) in [5.74, 6) is 0. The number of rotatable bonds is 1. The zero-order chi connectivity index (χ0) is 18.1. The van der Waals surface area contributed by atoms with E-state index in [1.54, 1.807) is 0 Å². The van der Waals surface area contributed by atoms with Crippen LogP contribution in [0.5, 0.6) is 0 Å². The van der Waals surface area contributed by atoms with Crippen molar-refractivity contribution in [2.45, 2.75) is 20.8 Å². The van der Waals surface area contributed by atoms with Crippen molar-refractivity contribution in [1.82, 2.24) is 9.55 Å². The van der Waals surface area contributed by atoms with Crippen LogP contribution in [0.15, 0.2) is 36.7 Å². The van der Waals surface area contributed by atoms with E-state index in [2.05, 4.69) is 60.7 Å². The molecule has 2 heterocycles. The lowest BCUT2D eigenvalue weighted by Crippen LogP contribution is -2.68. The summed E-state index contributed by atoms with van der Waals surface area (Å²) >= 11 is 0. The van der Waals surface area contributed by atoms with Crippen molar-refractivity contribution in [2.75, 3.05) is 0 Å². The molecule has 3 aromatic rings. The predicted molar refractivity (Wildman–Crippen MR) is 76.5 cm³/mol. The van der Waals surface area contributed by atoms with E-state index in [-0.39, 0.29) is 0 Å². The average Bonchev–Trinajstić information content (AvgIpc) is 2.77. The summed E-state index contributed by atoms with van der Waals surface area (Å²) in [5.41, 5.74) is 7.14. The van der Waals surface area contributed by atoms with E-state index in [9.17, 15) is 0 Å². The van der Waals surface area contributed by atoms with E-state index in [1.807, 2.05) is 17.9 Å². The first-order valence-electron chi connectivity index (χ1n) is 7.09. The summed E-state index contributed by atoms with van der Waals surface area (Å²) in [4.78, 5) is 4.43. The van der Waals surface area contributed by atoms with Gasteiger partial charge in [-0.3, -0.25) is 0 Å². The molecule has 0 aliphatic carbocycles. The Balaban J connectivity index is 0.000000368. The van der Waals surface area contributed by atoms with E-state index >= 15 is 0 Å². The van der Waals surface area contributed by atoms with Gasteiger partial charge in [0.05, 0.1) is 17.4 Å². The monoisotopic (exact) mass is 351 g/mol. The molecule has 0 unspecified atom stereocenters. The Hall–Kier alpha value is -2.03. The molecular formula is C16H18ClN3O4. The summed E-state index contributed by atoms with van der Waals surface area (Å²) in [6.07, 6.45) is 1.86. The second-order valence-electron chi connectivity index (χ2n) is 5.56. The van der Waals surface area contributed by atoms with Crippen molar-refractivity contribution in [1.29, 1.82) is 0 Å². The highest BCUT2D eigenvalue weighted by Gasteiger charge is 2.16. The number of benzene rings is 1. The molecule has 7 nitrogen and oxygen atoms in total.